The van der Waals surface area contributed by atoms with E-state index in [4.69, 9.17) is 5.11 Å². The number of hydrogen-bond donors (Lipinski definition) is 1. The first kappa shape index (κ1) is 11.5. The largest absolute Gasteiger partial charge is 0.481 e. The van der Waals surface area contributed by atoms with Gasteiger partial charge in [-0.15, -0.1) is 0 Å². The molecule has 0 amide bonds. The van der Waals surface area contributed by atoms with Crippen molar-refractivity contribution in [1.29, 1.82) is 0 Å². The van der Waals surface area contributed by atoms with Crippen molar-refractivity contribution < 1.29 is 14.3 Å². The molecule has 0 saturated heterocycles. The molecule has 16 heavy (non-hydrogen) atoms. The maximum Gasteiger partial charge on any atom is 0.307 e. The second kappa shape index (κ2) is 3.52. The minimum Gasteiger partial charge on any atom is -0.481 e. The summed E-state index contributed by atoms with van der Waals surface area (Å²) in [4.78, 5) is 14.6. The van der Waals surface area contributed by atoms with E-state index in [1.54, 1.807) is 6.07 Å². The van der Waals surface area contributed by atoms with E-state index in [1.165, 1.54) is 6.20 Å². The van der Waals surface area contributed by atoms with E-state index in [2.05, 4.69) is 20.9 Å². The maximum absolute atomic E-state index is 13.5. The Bertz CT molecular complexity index is 461. The van der Waals surface area contributed by atoms with Crippen LogP contribution in [0.15, 0.2) is 16.7 Å². The minimum atomic E-state index is -0.880. The first-order chi connectivity index (χ1) is 7.35. The molecular weight excluding hydrogens is 277 g/mol. The van der Waals surface area contributed by atoms with Crippen LogP contribution in [0.2, 0.25) is 0 Å². The van der Waals surface area contributed by atoms with E-state index in [-0.39, 0.29) is 5.92 Å². The van der Waals surface area contributed by atoms with Crippen LogP contribution in [-0.4, -0.2) is 16.1 Å². The van der Waals surface area contributed by atoms with Crippen LogP contribution in [0.1, 0.15) is 25.3 Å². The highest BCUT2D eigenvalue weighted by atomic mass is 79.9. The summed E-state index contributed by atoms with van der Waals surface area (Å²) < 4.78 is 14.2. The maximum atomic E-state index is 13.5. The summed E-state index contributed by atoms with van der Waals surface area (Å²) in [5.41, 5.74) is -0.0263. The molecule has 2 atom stereocenters. The van der Waals surface area contributed by atoms with Gasteiger partial charge in [0, 0.05) is 22.2 Å². The van der Waals surface area contributed by atoms with Crippen molar-refractivity contribution in [3.05, 3.63) is 28.2 Å². The third kappa shape index (κ3) is 1.63. The lowest BCUT2D eigenvalue weighted by Crippen LogP contribution is -2.03. The summed E-state index contributed by atoms with van der Waals surface area (Å²) in [5, 5.41) is 9.03. The van der Waals surface area contributed by atoms with E-state index in [0.717, 1.165) is 0 Å². The van der Waals surface area contributed by atoms with Crippen molar-refractivity contribution in [1.82, 2.24) is 4.98 Å². The average Bonchev–Trinajstić information content (AvgIpc) is 2.73. The third-order valence-corrected chi connectivity index (χ3v) is 3.69. The molecule has 0 spiro atoms. The molecule has 1 saturated carbocycles. The number of carboxylic acids is 1. The predicted molar refractivity (Wildman–Crippen MR) is 59.5 cm³/mol. The molecule has 2 rings (SSSR count). The predicted octanol–water partition coefficient (Wildman–Crippen LogP) is 2.81. The molecule has 1 aromatic heterocycles. The molecule has 0 unspecified atom stereocenters. The fraction of sp³-hybridized carbons (Fsp3) is 0.455. The van der Waals surface area contributed by atoms with Crippen molar-refractivity contribution in [2.45, 2.75) is 19.8 Å². The van der Waals surface area contributed by atoms with E-state index in [0.29, 0.717) is 10.0 Å². The highest BCUT2D eigenvalue weighted by Crippen LogP contribution is 2.64. The molecule has 1 N–H and O–H groups in total. The van der Waals surface area contributed by atoms with Crippen molar-refractivity contribution in [3.63, 3.8) is 0 Å². The van der Waals surface area contributed by atoms with E-state index < -0.39 is 23.2 Å². The van der Waals surface area contributed by atoms with Gasteiger partial charge >= 0.3 is 5.97 Å². The van der Waals surface area contributed by atoms with Crippen molar-refractivity contribution in [2.75, 3.05) is 0 Å². The Labute approximate surface area is 101 Å². The number of hydrogen-bond acceptors (Lipinski definition) is 2. The lowest BCUT2D eigenvalue weighted by atomic mass is 10.0. The highest BCUT2D eigenvalue weighted by molar-refractivity contribution is 9.10. The minimum absolute atomic E-state index is 0.296. The van der Waals surface area contributed by atoms with E-state index >= 15 is 0 Å². The van der Waals surface area contributed by atoms with Gasteiger partial charge in [-0.2, -0.15) is 4.39 Å². The van der Waals surface area contributed by atoms with E-state index in [9.17, 15) is 9.18 Å². The van der Waals surface area contributed by atoms with Gasteiger partial charge in [0.05, 0.1) is 5.92 Å². The van der Waals surface area contributed by atoms with Crippen molar-refractivity contribution in [2.24, 2.45) is 11.3 Å². The fourth-order valence-electron chi connectivity index (χ4n) is 2.34. The zero-order valence-corrected chi connectivity index (χ0v) is 10.5. The number of carbonyl (C=O) groups is 1. The Hall–Kier alpha value is -0.970. The monoisotopic (exact) mass is 287 g/mol. The van der Waals surface area contributed by atoms with Gasteiger partial charge in [0.2, 0.25) is 5.95 Å². The lowest BCUT2D eigenvalue weighted by molar-refractivity contribution is -0.139. The molecule has 1 aliphatic rings. The summed E-state index contributed by atoms with van der Waals surface area (Å²) in [6.45, 7) is 3.66. The summed E-state index contributed by atoms with van der Waals surface area (Å²) >= 11 is 3.21. The first-order valence-corrected chi connectivity index (χ1v) is 5.68. The molecular formula is C11H11BrFNO2. The van der Waals surface area contributed by atoms with Gasteiger partial charge in [0.15, 0.2) is 0 Å². The van der Waals surface area contributed by atoms with Crippen molar-refractivity contribution in [3.8, 4) is 0 Å². The Morgan fingerprint density at radius 1 is 1.62 bits per heavy atom. The number of carboxylic acid groups (broad SMARTS) is 1. The smallest absolute Gasteiger partial charge is 0.307 e. The molecule has 1 heterocycles. The third-order valence-electron chi connectivity index (χ3n) is 3.26. The quantitative estimate of drug-likeness (QED) is 0.851. The van der Waals surface area contributed by atoms with Gasteiger partial charge in [-0.3, -0.25) is 4.79 Å². The number of rotatable bonds is 2. The molecule has 0 aliphatic heterocycles. The number of nitrogens with zero attached hydrogens (tertiary/aromatic N) is 1. The molecule has 86 valence electrons. The van der Waals surface area contributed by atoms with Crippen molar-refractivity contribution >= 4 is 21.9 Å². The number of pyridine rings is 1. The topological polar surface area (TPSA) is 50.2 Å². The average molecular weight is 288 g/mol. The number of halogens is 2. The Kier molecular flexibility index (Phi) is 2.53. The Morgan fingerprint density at radius 3 is 2.75 bits per heavy atom. The molecule has 0 radical (unpaired) electrons. The van der Waals surface area contributed by atoms with Crippen LogP contribution >= 0.6 is 15.9 Å². The van der Waals surface area contributed by atoms with Crippen LogP contribution in [-0.2, 0) is 4.79 Å². The molecule has 5 heteroatoms. The zero-order valence-electron chi connectivity index (χ0n) is 8.87. The molecule has 0 aromatic carbocycles. The van der Waals surface area contributed by atoms with E-state index in [1.807, 2.05) is 13.8 Å². The van der Waals surface area contributed by atoms with Gasteiger partial charge < -0.3 is 5.11 Å². The molecule has 1 aliphatic carbocycles. The molecule has 1 aromatic rings. The van der Waals surface area contributed by atoms with Crippen LogP contribution in [0.4, 0.5) is 4.39 Å². The summed E-state index contributed by atoms with van der Waals surface area (Å²) in [6.07, 6.45) is 1.37. The van der Waals surface area contributed by atoms with Crippen LogP contribution in [0, 0.1) is 17.3 Å². The standard InChI is InChI=1S/C11H11BrFNO2/c1-11(2)7(8(11)10(15)16)6-3-5(12)4-14-9(6)13/h3-4,7-8H,1-2H3,(H,15,16)/t7-,8+/m1/s1. The Morgan fingerprint density at radius 2 is 2.25 bits per heavy atom. The van der Waals surface area contributed by atoms with Gasteiger partial charge in [-0.25, -0.2) is 4.98 Å². The first-order valence-electron chi connectivity index (χ1n) is 4.89. The normalized spacial score (nSPS) is 26.5. The van der Waals surface area contributed by atoms with Gasteiger partial charge in [-0.05, 0) is 27.4 Å². The SMILES string of the molecule is CC1(C)[C@H](C(=O)O)[C@H]1c1cc(Br)cnc1F. The van der Waals surface area contributed by atoms with Gasteiger partial charge in [0.1, 0.15) is 0 Å². The highest BCUT2D eigenvalue weighted by Gasteiger charge is 2.63. The second-order valence-corrected chi connectivity index (χ2v) is 5.56. The molecule has 1 fully saturated rings. The van der Waals surface area contributed by atoms with Gasteiger partial charge in [-0.1, -0.05) is 13.8 Å². The fourth-order valence-corrected chi connectivity index (χ4v) is 2.68. The molecule has 3 nitrogen and oxygen atoms in total. The second-order valence-electron chi connectivity index (χ2n) is 4.65. The summed E-state index contributed by atoms with van der Waals surface area (Å²) in [7, 11) is 0. The summed E-state index contributed by atoms with van der Waals surface area (Å²) in [5.74, 6) is -2.28. The number of aromatic nitrogens is 1. The van der Waals surface area contributed by atoms with Crippen LogP contribution in [0.3, 0.4) is 0 Å². The lowest BCUT2D eigenvalue weighted by Gasteiger charge is -2.04. The molecule has 0 bridgehead atoms. The van der Waals surface area contributed by atoms with Gasteiger partial charge in [0.25, 0.3) is 0 Å². The Balaban J connectivity index is 2.40. The zero-order chi connectivity index (χ0) is 12.1. The van der Waals surface area contributed by atoms with Crippen LogP contribution < -0.4 is 0 Å². The number of aliphatic carboxylic acids is 1. The van der Waals surface area contributed by atoms with Crippen LogP contribution in [0.5, 0.6) is 0 Å². The summed E-state index contributed by atoms with van der Waals surface area (Å²) in [6, 6.07) is 1.61. The van der Waals surface area contributed by atoms with Crippen LogP contribution in [0.25, 0.3) is 0 Å².